The Kier molecular flexibility index (Phi) is 5.07. The Morgan fingerprint density at radius 3 is 2.58 bits per heavy atom. The summed E-state index contributed by atoms with van der Waals surface area (Å²) in [6.45, 7) is 6.22. The van der Waals surface area contributed by atoms with Gasteiger partial charge < -0.3 is 5.32 Å². The molecule has 0 aliphatic rings. The molecule has 1 amide bonds. The highest BCUT2D eigenvalue weighted by Gasteiger charge is 2.26. The maximum Gasteiger partial charge on any atom is 0.273 e. The fourth-order valence-corrected chi connectivity index (χ4v) is 2.53. The Morgan fingerprint density at radius 2 is 2.11 bits per heavy atom. The van der Waals surface area contributed by atoms with E-state index in [2.05, 4.69) is 15.5 Å². The highest BCUT2D eigenvalue weighted by atomic mass is 32.2. The van der Waals surface area contributed by atoms with Crippen molar-refractivity contribution in [3.8, 4) is 0 Å². The third-order valence-corrected chi connectivity index (χ3v) is 3.47. The molecule has 8 heteroatoms. The van der Waals surface area contributed by atoms with Crippen LogP contribution < -0.4 is 10.5 Å². The van der Waals surface area contributed by atoms with Gasteiger partial charge in [0.25, 0.3) is 5.91 Å². The van der Waals surface area contributed by atoms with Gasteiger partial charge in [-0.2, -0.15) is 5.10 Å². The summed E-state index contributed by atoms with van der Waals surface area (Å²) in [4.78, 5) is 11.7. The molecule has 7 nitrogen and oxygen atoms in total. The summed E-state index contributed by atoms with van der Waals surface area (Å²) in [5.74, 6) is -0.271. The number of hydrogen-bond acceptors (Lipinski definition) is 4. The number of nitrogens with two attached hydrogens (primary N) is 1. The Morgan fingerprint density at radius 1 is 1.47 bits per heavy atom. The summed E-state index contributed by atoms with van der Waals surface area (Å²) >= 11 is 0. The molecule has 0 aromatic carbocycles. The van der Waals surface area contributed by atoms with Crippen molar-refractivity contribution in [3.63, 3.8) is 0 Å². The van der Waals surface area contributed by atoms with Gasteiger partial charge in [0.1, 0.15) is 4.90 Å². The summed E-state index contributed by atoms with van der Waals surface area (Å²) in [6, 6.07) is 0. The Bertz CT molecular complexity index is 548. The molecule has 1 aromatic heterocycles. The lowest BCUT2D eigenvalue weighted by molar-refractivity contribution is 0.0940. The van der Waals surface area contributed by atoms with E-state index < -0.39 is 15.9 Å². The van der Waals surface area contributed by atoms with Crippen molar-refractivity contribution < 1.29 is 13.2 Å². The van der Waals surface area contributed by atoms with E-state index in [0.29, 0.717) is 18.7 Å². The first-order chi connectivity index (χ1) is 8.77. The number of carbonyl (C=O) groups is 1. The SMILES string of the molecule is CCCc1[nH]nc(C(=O)NCC(C)C)c1S(N)(=O)=O. The number of aryl methyl sites for hydroxylation is 1. The number of primary sulfonamides is 1. The minimum absolute atomic E-state index is 0.161. The number of aromatic nitrogens is 2. The first-order valence-corrected chi connectivity index (χ1v) is 7.70. The van der Waals surface area contributed by atoms with Crippen LogP contribution >= 0.6 is 0 Å². The third kappa shape index (κ3) is 4.03. The van der Waals surface area contributed by atoms with Crippen LogP contribution in [0.25, 0.3) is 0 Å². The lowest BCUT2D eigenvalue weighted by atomic mass is 10.2. The van der Waals surface area contributed by atoms with Crippen LogP contribution in [-0.4, -0.2) is 31.1 Å². The van der Waals surface area contributed by atoms with E-state index in [4.69, 9.17) is 5.14 Å². The van der Waals surface area contributed by atoms with Crippen LogP contribution in [0.5, 0.6) is 0 Å². The van der Waals surface area contributed by atoms with Crippen LogP contribution in [0, 0.1) is 5.92 Å². The second kappa shape index (κ2) is 6.16. The fraction of sp³-hybridized carbons (Fsp3) is 0.636. The molecule has 0 radical (unpaired) electrons. The Balaban J connectivity index is 3.11. The first-order valence-electron chi connectivity index (χ1n) is 6.15. The van der Waals surface area contributed by atoms with Crippen LogP contribution in [0.3, 0.4) is 0 Å². The molecule has 1 rings (SSSR count). The summed E-state index contributed by atoms with van der Waals surface area (Å²) in [7, 11) is -3.98. The predicted octanol–water partition coefficient (Wildman–Crippen LogP) is 0.395. The average molecular weight is 288 g/mol. The molecule has 0 saturated heterocycles. The molecule has 0 bridgehead atoms. The van der Waals surface area contributed by atoms with E-state index in [-0.39, 0.29) is 16.5 Å². The van der Waals surface area contributed by atoms with Crippen LogP contribution in [0.4, 0.5) is 0 Å². The third-order valence-electron chi connectivity index (χ3n) is 2.46. The zero-order chi connectivity index (χ0) is 14.6. The van der Waals surface area contributed by atoms with Gasteiger partial charge in [-0.05, 0) is 12.3 Å². The monoisotopic (exact) mass is 288 g/mol. The summed E-state index contributed by atoms with van der Waals surface area (Å²) in [5.41, 5.74) is 0.214. The number of amides is 1. The van der Waals surface area contributed by atoms with Crippen molar-refractivity contribution >= 4 is 15.9 Å². The van der Waals surface area contributed by atoms with Crippen molar-refractivity contribution in [1.29, 1.82) is 0 Å². The van der Waals surface area contributed by atoms with Gasteiger partial charge >= 0.3 is 0 Å². The molecular weight excluding hydrogens is 268 g/mol. The summed E-state index contributed by atoms with van der Waals surface area (Å²) in [5, 5.41) is 14.1. The number of carbonyl (C=O) groups excluding carboxylic acids is 1. The summed E-state index contributed by atoms with van der Waals surface area (Å²) in [6.07, 6.45) is 1.19. The minimum Gasteiger partial charge on any atom is -0.350 e. The topological polar surface area (TPSA) is 118 Å². The molecule has 108 valence electrons. The smallest absolute Gasteiger partial charge is 0.273 e. The van der Waals surface area contributed by atoms with Crippen molar-refractivity contribution in [2.75, 3.05) is 6.54 Å². The zero-order valence-electron chi connectivity index (χ0n) is 11.4. The number of aromatic amines is 1. The molecule has 0 atom stereocenters. The number of rotatable bonds is 6. The molecule has 0 fully saturated rings. The molecule has 0 aliphatic carbocycles. The molecule has 19 heavy (non-hydrogen) atoms. The Hall–Kier alpha value is -1.41. The number of hydrogen-bond donors (Lipinski definition) is 3. The number of nitrogens with zero attached hydrogens (tertiary/aromatic N) is 1. The van der Waals surface area contributed by atoms with E-state index >= 15 is 0 Å². The van der Waals surface area contributed by atoms with Crippen LogP contribution in [0.1, 0.15) is 43.4 Å². The molecule has 4 N–H and O–H groups in total. The van der Waals surface area contributed by atoms with Crippen molar-refractivity contribution in [3.05, 3.63) is 11.4 Å². The van der Waals surface area contributed by atoms with Gasteiger partial charge in [0, 0.05) is 6.54 Å². The van der Waals surface area contributed by atoms with E-state index in [0.717, 1.165) is 6.42 Å². The van der Waals surface area contributed by atoms with Crippen molar-refractivity contribution in [1.82, 2.24) is 15.5 Å². The zero-order valence-corrected chi connectivity index (χ0v) is 12.2. The van der Waals surface area contributed by atoms with E-state index in [1.54, 1.807) is 0 Å². The summed E-state index contributed by atoms with van der Waals surface area (Å²) < 4.78 is 23.2. The van der Waals surface area contributed by atoms with Gasteiger partial charge in [-0.1, -0.05) is 27.2 Å². The highest BCUT2D eigenvalue weighted by Crippen LogP contribution is 2.18. The van der Waals surface area contributed by atoms with Crippen LogP contribution in [0.15, 0.2) is 4.90 Å². The van der Waals surface area contributed by atoms with Crippen LogP contribution in [0.2, 0.25) is 0 Å². The molecule has 0 unspecified atom stereocenters. The van der Waals surface area contributed by atoms with Crippen LogP contribution in [-0.2, 0) is 16.4 Å². The van der Waals surface area contributed by atoms with Gasteiger partial charge in [-0.3, -0.25) is 9.89 Å². The van der Waals surface area contributed by atoms with E-state index in [1.165, 1.54) is 0 Å². The van der Waals surface area contributed by atoms with Gasteiger partial charge in [0.05, 0.1) is 5.69 Å². The van der Waals surface area contributed by atoms with Gasteiger partial charge in [-0.15, -0.1) is 0 Å². The number of H-pyrrole nitrogens is 1. The second-order valence-corrected chi connectivity index (χ2v) is 6.28. The highest BCUT2D eigenvalue weighted by molar-refractivity contribution is 7.89. The maximum atomic E-state index is 11.9. The van der Waals surface area contributed by atoms with E-state index in [1.807, 2.05) is 20.8 Å². The fourth-order valence-electron chi connectivity index (χ4n) is 1.63. The normalized spacial score (nSPS) is 11.8. The molecule has 0 spiro atoms. The first kappa shape index (κ1) is 15.6. The second-order valence-electron chi connectivity index (χ2n) is 4.78. The minimum atomic E-state index is -3.98. The van der Waals surface area contributed by atoms with Gasteiger partial charge in [-0.25, -0.2) is 13.6 Å². The van der Waals surface area contributed by atoms with Gasteiger partial charge in [0.15, 0.2) is 5.69 Å². The molecule has 0 saturated carbocycles. The lowest BCUT2D eigenvalue weighted by Gasteiger charge is -2.07. The average Bonchev–Trinajstić information content (AvgIpc) is 2.70. The quantitative estimate of drug-likeness (QED) is 0.702. The van der Waals surface area contributed by atoms with E-state index in [9.17, 15) is 13.2 Å². The molecular formula is C11H20N4O3S. The van der Waals surface area contributed by atoms with Crippen molar-refractivity contribution in [2.24, 2.45) is 11.1 Å². The molecule has 1 aromatic rings. The Labute approximate surface area is 113 Å². The molecule has 1 heterocycles. The van der Waals surface area contributed by atoms with Crippen molar-refractivity contribution in [2.45, 2.75) is 38.5 Å². The largest absolute Gasteiger partial charge is 0.350 e. The molecule has 0 aliphatic heterocycles. The number of sulfonamides is 1. The predicted molar refractivity (Wildman–Crippen MR) is 71.1 cm³/mol. The maximum absolute atomic E-state index is 11.9. The lowest BCUT2D eigenvalue weighted by Crippen LogP contribution is -2.29. The number of nitrogens with one attached hydrogen (secondary N) is 2. The standard InChI is InChI=1S/C11H20N4O3S/c1-4-5-8-10(19(12,17)18)9(15-14-8)11(16)13-6-7(2)3/h7H,4-6H2,1-3H3,(H,13,16)(H,14,15)(H2,12,17,18). The van der Waals surface area contributed by atoms with Gasteiger partial charge in [0.2, 0.25) is 10.0 Å².